The minimum Gasteiger partial charge on any atom is -0.370 e. The maximum Gasteiger partial charge on any atom is 0.186 e. The fourth-order valence-electron chi connectivity index (χ4n) is 1.69. The van der Waals surface area contributed by atoms with Crippen molar-refractivity contribution in [2.45, 2.75) is 18.4 Å². The van der Waals surface area contributed by atoms with Gasteiger partial charge in [0.05, 0.1) is 6.04 Å². The predicted octanol–water partition coefficient (Wildman–Crippen LogP) is 1.09. The van der Waals surface area contributed by atoms with Gasteiger partial charge in [-0.05, 0) is 18.6 Å². The molecule has 0 heterocycles. The number of benzene rings is 1. The second-order valence-corrected chi connectivity index (χ2v) is 3.60. The topological polar surface area (TPSA) is 64.4 Å². The van der Waals surface area contributed by atoms with Crippen LogP contribution in [-0.4, -0.2) is 12.0 Å². The van der Waals surface area contributed by atoms with Gasteiger partial charge in [0.15, 0.2) is 5.96 Å². The van der Waals surface area contributed by atoms with E-state index in [1.165, 1.54) is 18.2 Å². The van der Waals surface area contributed by atoms with Crippen molar-refractivity contribution in [1.29, 1.82) is 0 Å². The fraction of sp³-hybridized carbons (Fsp3) is 0.300. The average Bonchev–Trinajstić information content (AvgIpc) is 2.82. The van der Waals surface area contributed by atoms with Crippen LogP contribution < -0.4 is 11.5 Å². The molecular weight excluding hydrogens is 200 g/mol. The van der Waals surface area contributed by atoms with Crippen molar-refractivity contribution in [2.75, 3.05) is 0 Å². The highest BCUT2D eigenvalue weighted by Gasteiger charge is 2.41. The standard InChI is InChI=1S/C10H11F2N3/c11-6-2-1-3-7(12)9(6)5-4-8(5)15-10(13)14/h1-3,5,8H,4H2,(H4,13,14,15). The van der Waals surface area contributed by atoms with Crippen molar-refractivity contribution in [3.63, 3.8) is 0 Å². The third kappa shape index (κ3) is 1.91. The molecule has 1 fully saturated rings. The van der Waals surface area contributed by atoms with Crippen molar-refractivity contribution in [1.82, 2.24) is 0 Å². The first-order valence-electron chi connectivity index (χ1n) is 4.62. The second kappa shape index (κ2) is 3.49. The lowest BCUT2D eigenvalue weighted by molar-refractivity contribution is 0.555. The van der Waals surface area contributed by atoms with Crippen LogP contribution in [-0.2, 0) is 0 Å². The van der Waals surface area contributed by atoms with Crippen LogP contribution in [0.25, 0.3) is 0 Å². The minimum absolute atomic E-state index is 0.0424. The van der Waals surface area contributed by atoms with Gasteiger partial charge in [-0.15, -0.1) is 0 Å². The normalized spacial score (nSPS) is 23.6. The van der Waals surface area contributed by atoms with Crippen molar-refractivity contribution in [3.05, 3.63) is 35.4 Å². The molecule has 15 heavy (non-hydrogen) atoms. The Morgan fingerprint density at radius 3 is 2.40 bits per heavy atom. The molecular formula is C10H11F2N3. The van der Waals surface area contributed by atoms with Crippen LogP contribution in [0, 0.1) is 11.6 Å². The van der Waals surface area contributed by atoms with E-state index < -0.39 is 11.6 Å². The zero-order chi connectivity index (χ0) is 11.0. The zero-order valence-electron chi connectivity index (χ0n) is 7.95. The van der Waals surface area contributed by atoms with Crippen LogP contribution in [0.3, 0.4) is 0 Å². The van der Waals surface area contributed by atoms with Gasteiger partial charge in [0.2, 0.25) is 0 Å². The largest absolute Gasteiger partial charge is 0.370 e. The molecule has 0 amide bonds. The lowest BCUT2D eigenvalue weighted by atomic mass is 10.1. The van der Waals surface area contributed by atoms with Gasteiger partial charge in [0, 0.05) is 11.5 Å². The van der Waals surface area contributed by atoms with E-state index >= 15 is 0 Å². The molecule has 1 aromatic rings. The summed E-state index contributed by atoms with van der Waals surface area (Å²) in [6, 6.07) is 3.64. The van der Waals surface area contributed by atoms with Crippen molar-refractivity contribution in [3.8, 4) is 0 Å². The Hall–Kier alpha value is -1.65. The third-order valence-corrected chi connectivity index (χ3v) is 2.44. The second-order valence-electron chi connectivity index (χ2n) is 3.60. The first-order valence-corrected chi connectivity index (χ1v) is 4.62. The number of hydrogen-bond acceptors (Lipinski definition) is 1. The molecule has 0 spiro atoms. The van der Waals surface area contributed by atoms with Crippen LogP contribution >= 0.6 is 0 Å². The molecule has 0 aromatic heterocycles. The van der Waals surface area contributed by atoms with Gasteiger partial charge in [-0.2, -0.15) is 0 Å². The Labute approximate surface area is 85.8 Å². The molecule has 3 nitrogen and oxygen atoms in total. The summed E-state index contributed by atoms with van der Waals surface area (Å²) in [6.07, 6.45) is 0.593. The maximum absolute atomic E-state index is 13.3. The summed E-state index contributed by atoms with van der Waals surface area (Å²) in [5.74, 6) is -1.34. The molecule has 1 aromatic carbocycles. The van der Waals surface area contributed by atoms with Crippen LogP contribution in [0.5, 0.6) is 0 Å². The molecule has 2 unspecified atom stereocenters. The van der Waals surface area contributed by atoms with Gasteiger partial charge in [-0.1, -0.05) is 6.07 Å². The highest BCUT2D eigenvalue weighted by atomic mass is 19.1. The van der Waals surface area contributed by atoms with Gasteiger partial charge in [-0.25, -0.2) is 13.8 Å². The SMILES string of the molecule is NC(N)=NC1CC1c1c(F)cccc1F. The number of guanidine groups is 1. The van der Waals surface area contributed by atoms with Gasteiger partial charge < -0.3 is 11.5 Å². The Bertz CT molecular complexity index is 393. The molecule has 1 aliphatic carbocycles. The minimum atomic E-state index is -0.534. The Balaban J connectivity index is 2.23. The molecule has 1 aliphatic rings. The summed E-state index contributed by atoms with van der Waals surface area (Å²) in [5, 5.41) is 0. The highest BCUT2D eigenvalue weighted by molar-refractivity contribution is 5.76. The van der Waals surface area contributed by atoms with E-state index in [0.29, 0.717) is 6.42 Å². The first-order chi connectivity index (χ1) is 7.09. The van der Waals surface area contributed by atoms with E-state index in [1.54, 1.807) is 0 Å². The van der Waals surface area contributed by atoms with Gasteiger partial charge in [-0.3, -0.25) is 0 Å². The molecule has 5 heteroatoms. The molecule has 0 saturated heterocycles. The molecule has 2 atom stereocenters. The van der Waals surface area contributed by atoms with Crippen molar-refractivity contribution >= 4 is 5.96 Å². The van der Waals surface area contributed by atoms with E-state index in [0.717, 1.165) is 0 Å². The van der Waals surface area contributed by atoms with Crippen molar-refractivity contribution in [2.24, 2.45) is 16.5 Å². The molecule has 0 aliphatic heterocycles. The number of nitrogens with two attached hydrogens (primary N) is 2. The lowest BCUT2D eigenvalue weighted by Gasteiger charge is -2.02. The number of halogens is 2. The molecule has 0 bridgehead atoms. The molecule has 2 rings (SSSR count). The molecule has 4 N–H and O–H groups in total. The Morgan fingerprint density at radius 1 is 1.27 bits per heavy atom. The van der Waals surface area contributed by atoms with E-state index in [1.807, 2.05) is 0 Å². The first kappa shape index (κ1) is 9.89. The van der Waals surface area contributed by atoms with E-state index in [4.69, 9.17) is 11.5 Å². The predicted molar refractivity (Wildman–Crippen MR) is 53.3 cm³/mol. The van der Waals surface area contributed by atoms with Crippen molar-refractivity contribution < 1.29 is 8.78 Å². The van der Waals surface area contributed by atoms with Gasteiger partial charge in [0.25, 0.3) is 0 Å². The Morgan fingerprint density at radius 2 is 1.87 bits per heavy atom. The summed E-state index contributed by atoms with van der Waals surface area (Å²) in [4.78, 5) is 3.87. The summed E-state index contributed by atoms with van der Waals surface area (Å²) >= 11 is 0. The monoisotopic (exact) mass is 211 g/mol. The molecule has 80 valence electrons. The quantitative estimate of drug-likeness (QED) is 0.568. The lowest BCUT2D eigenvalue weighted by Crippen LogP contribution is -2.23. The summed E-state index contributed by atoms with van der Waals surface area (Å²) < 4.78 is 26.6. The van der Waals surface area contributed by atoms with Gasteiger partial charge >= 0.3 is 0 Å². The van der Waals surface area contributed by atoms with Gasteiger partial charge in [0.1, 0.15) is 11.6 Å². The van der Waals surface area contributed by atoms with Crippen LogP contribution in [0.1, 0.15) is 17.9 Å². The number of rotatable bonds is 2. The Kier molecular flexibility index (Phi) is 2.30. The highest BCUT2D eigenvalue weighted by Crippen LogP contribution is 2.45. The number of hydrogen-bond donors (Lipinski definition) is 2. The van der Waals surface area contributed by atoms with E-state index in [9.17, 15) is 8.78 Å². The van der Waals surface area contributed by atoms with Crippen LogP contribution in [0.15, 0.2) is 23.2 Å². The smallest absolute Gasteiger partial charge is 0.186 e. The zero-order valence-corrected chi connectivity index (χ0v) is 7.95. The summed E-state index contributed by atoms with van der Waals surface area (Å²) in [5.41, 5.74) is 10.5. The average molecular weight is 211 g/mol. The van der Waals surface area contributed by atoms with E-state index in [2.05, 4.69) is 4.99 Å². The summed E-state index contributed by atoms with van der Waals surface area (Å²) in [7, 11) is 0. The summed E-state index contributed by atoms with van der Waals surface area (Å²) in [6.45, 7) is 0. The number of aliphatic imine (C=N–C) groups is 1. The molecule has 0 radical (unpaired) electrons. The fourth-order valence-corrected chi connectivity index (χ4v) is 1.69. The maximum atomic E-state index is 13.3. The van der Waals surface area contributed by atoms with E-state index in [-0.39, 0.29) is 23.5 Å². The van der Waals surface area contributed by atoms with Crippen LogP contribution in [0.2, 0.25) is 0 Å². The molecule has 1 saturated carbocycles. The van der Waals surface area contributed by atoms with Crippen LogP contribution in [0.4, 0.5) is 8.78 Å². The number of nitrogens with zero attached hydrogens (tertiary/aromatic N) is 1. The third-order valence-electron chi connectivity index (χ3n) is 2.44.